The van der Waals surface area contributed by atoms with E-state index >= 15 is 0 Å². The molecule has 2 atom stereocenters. The average Bonchev–Trinajstić information content (AvgIpc) is 3.23. The summed E-state index contributed by atoms with van der Waals surface area (Å²) in [6.45, 7) is 4.61. The van der Waals surface area contributed by atoms with E-state index in [2.05, 4.69) is 4.90 Å². The predicted octanol–water partition coefficient (Wildman–Crippen LogP) is 2.56. The maximum absolute atomic E-state index is 13.3. The van der Waals surface area contributed by atoms with Gasteiger partial charge in [-0.3, -0.25) is 9.69 Å². The molecule has 27 heavy (non-hydrogen) atoms. The molecule has 3 heterocycles. The van der Waals surface area contributed by atoms with Crippen LogP contribution in [-0.2, 0) is 4.74 Å². The van der Waals surface area contributed by atoms with Crippen molar-refractivity contribution in [1.29, 1.82) is 0 Å². The first-order valence-electron chi connectivity index (χ1n) is 10.0. The maximum Gasteiger partial charge on any atom is 0.257 e. The molecule has 0 saturated carbocycles. The topological polar surface area (TPSA) is 51.2 Å². The molecule has 3 aliphatic heterocycles. The predicted molar refractivity (Wildman–Crippen MR) is 103 cm³/mol. The summed E-state index contributed by atoms with van der Waals surface area (Å²) in [5.74, 6) is 1.31. The van der Waals surface area contributed by atoms with Gasteiger partial charge in [-0.1, -0.05) is 0 Å². The number of ether oxygens (including phenoxy) is 3. The minimum absolute atomic E-state index is 0.0359. The molecular weight excluding hydrogens is 344 g/mol. The summed E-state index contributed by atoms with van der Waals surface area (Å²) < 4.78 is 16.6. The van der Waals surface area contributed by atoms with Gasteiger partial charge < -0.3 is 19.1 Å². The third kappa shape index (κ3) is 3.52. The Kier molecular flexibility index (Phi) is 5.28. The van der Waals surface area contributed by atoms with Crippen LogP contribution in [0.25, 0.3) is 0 Å². The van der Waals surface area contributed by atoms with Crippen molar-refractivity contribution < 1.29 is 19.0 Å². The van der Waals surface area contributed by atoms with Gasteiger partial charge in [0.1, 0.15) is 11.5 Å². The second kappa shape index (κ2) is 7.68. The molecule has 3 saturated heterocycles. The fourth-order valence-corrected chi connectivity index (χ4v) is 4.80. The average molecular weight is 374 g/mol. The largest absolute Gasteiger partial charge is 0.497 e. The van der Waals surface area contributed by atoms with Crippen LogP contribution in [0.1, 0.15) is 42.5 Å². The molecule has 148 valence electrons. The number of benzene rings is 1. The highest BCUT2D eigenvalue weighted by Crippen LogP contribution is 2.40. The number of carbonyl (C=O) groups excluding carboxylic acids is 1. The Morgan fingerprint density at radius 1 is 1.22 bits per heavy atom. The molecule has 4 rings (SSSR count). The van der Waals surface area contributed by atoms with Gasteiger partial charge >= 0.3 is 0 Å². The number of carbonyl (C=O) groups is 1. The molecule has 0 aliphatic carbocycles. The van der Waals surface area contributed by atoms with Crippen LogP contribution in [0.5, 0.6) is 11.5 Å². The van der Waals surface area contributed by atoms with Crippen molar-refractivity contribution in [1.82, 2.24) is 9.80 Å². The summed E-state index contributed by atoms with van der Waals surface area (Å²) in [5.41, 5.74) is 0.713. The molecule has 6 nitrogen and oxygen atoms in total. The lowest BCUT2D eigenvalue weighted by Crippen LogP contribution is -2.68. The van der Waals surface area contributed by atoms with Gasteiger partial charge in [0.25, 0.3) is 5.91 Å². The zero-order valence-electron chi connectivity index (χ0n) is 16.4. The Balaban J connectivity index is 1.49. The van der Waals surface area contributed by atoms with E-state index in [-0.39, 0.29) is 11.4 Å². The Labute approximate surface area is 161 Å². The quantitative estimate of drug-likeness (QED) is 0.793. The van der Waals surface area contributed by atoms with Crippen LogP contribution < -0.4 is 9.47 Å². The van der Waals surface area contributed by atoms with E-state index in [0.29, 0.717) is 23.2 Å². The SMILES string of the molecule is COc1ccc(OC)c(C(=O)N2CCC[C@@]3(CCN3C[C@@H]3CCCO3)C2)c1. The fraction of sp³-hybridized carbons (Fsp3) is 0.667. The Morgan fingerprint density at radius 3 is 2.78 bits per heavy atom. The van der Waals surface area contributed by atoms with E-state index in [1.807, 2.05) is 11.0 Å². The first kappa shape index (κ1) is 18.6. The molecule has 1 spiro atoms. The van der Waals surface area contributed by atoms with Crippen LogP contribution in [-0.4, -0.2) is 74.4 Å². The van der Waals surface area contributed by atoms with Crippen molar-refractivity contribution in [3.05, 3.63) is 23.8 Å². The molecule has 0 aromatic heterocycles. The fourth-order valence-electron chi connectivity index (χ4n) is 4.80. The van der Waals surface area contributed by atoms with E-state index in [1.165, 1.54) is 19.3 Å². The molecule has 0 unspecified atom stereocenters. The third-order valence-electron chi connectivity index (χ3n) is 6.45. The van der Waals surface area contributed by atoms with Gasteiger partial charge in [0, 0.05) is 38.3 Å². The Bertz CT molecular complexity index is 689. The monoisotopic (exact) mass is 374 g/mol. The molecule has 0 N–H and O–H groups in total. The van der Waals surface area contributed by atoms with Gasteiger partial charge in [0.2, 0.25) is 0 Å². The van der Waals surface area contributed by atoms with Crippen LogP contribution in [0.3, 0.4) is 0 Å². The number of hydrogen-bond donors (Lipinski definition) is 0. The van der Waals surface area contributed by atoms with E-state index in [0.717, 1.165) is 45.6 Å². The first-order valence-corrected chi connectivity index (χ1v) is 10.0. The van der Waals surface area contributed by atoms with Crippen molar-refractivity contribution >= 4 is 5.91 Å². The van der Waals surface area contributed by atoms with Gasteiger partial charge in [-0.2, -0.15) is 0 Å². The van der Waals surface area contributed by atoms with Crippen LogP contribution in [0, 0.1) is 0 Å². The summed E-state index contributed by atoms with van der Waals surface area (Å²) in [5, 5.41) is 0. The lowest BCUT2D eigenvalue weighted by atomic mass is 9.77. The zero-order chi connectivity index (χ0) is 18.9. The summed E-state index contributed by atoms with van der Waals surface area (Å²) in [4.78, 5) is 17.8. The van der Waals surface area contributed by atoms with Crippen molar-refractivity contribution in [2.24, 2.45) is 0 Å². The molecule has 1 aromatic carbocycles. The Hall–Kier alpha value is -1.79. The standard InChI is InChI=1S/C21H30N2O4/c1-25-16-6-7-19(26-2)18(13-16)20(24)22-10-4-8-21(15-22)9-11-23(21)14-17-5-3-12-27-17/h6-7,13,17H,3-5,8-12,14-15H2,1-2H3/t17-,21+/m0/s1. The minimum Gasteiger partial charge on any atom is -0.497 e. The van der Waals surface area contributed by atoms with Crippen molar-refractivity contribution in [2.45, 2.75) is 43.7 Å². The molecule has 6 heteroatoms. The third-order valence-corrected chi connectivity index (χ3v) is 6.45. The van der Waals surface area contributed by atoms with Gasteiger partial charge in [-0.25, -0.2) is 0 Å². The normalized spacial score (nSPS) is 28.2. The number of rotatable bonds is 5. The van der Waals surface area contributed by atoms with Gasteiger partial charge in [0.15, 0.2) is 0 Å². The number of nitrogens with zero attached hydrogens (tertiary/aromatic N) is 2. The van der Waals surface area contributed by atoms with E-state index < -0.39 is 0 Å². The summed E-state index contributed by atoms with van der Waals surface area (Å²) in [7, 11) is 3.22. The number of methoxy groups -OCH3 is 2. The van der Waals surface area contributed by atoms with Crippen molar-refractivity contribution in [2.75, 3.05) is 47.0 Å². The van der Waals surface area contributed by atoms with Crippen LogP contribution >= 0.6 is 0 Å². The molecule has 3 fully saturated rings. The highest BCUT2D eigenvalue weighted by molar-refractivity contribution is 5.97. The lowest BCUT2D eigenvalue weighted by Gasteiger charge is -2.57. The van der Waals surface area contributed by atoms with E-state index in [4.69, 9.17) is 14.2 Å². The van der Waals surface area contributed by atoms with Crippen LogP contribution in [0.15, 0.2) is 18.2 Å². The molecule has 1 aromatic rings. The smallest absolute Gasteiger partial charge is 0.257 e. The van der Waals surface area contributed by atoms with E-state index in [9.17, 15) is 4.79 Å². The molecule has 3 aliphatic rings. The van der Waals surface area contributed by atoms with Gasteiger partial charge in [0.05, 0.1) is 25.9 Å². The summed E-state index contributed by atoms with van der Waals surface area (Å²) >= 11 is 0. The maximum atomic E-state index is 13.3. The molecule has 1 amide bonds. The molecule has 0 bridgehead atoms. The zero-order valence-corrected chi connectivity index (χ0v) is 16.4. The number of amides is 1. The van der Waals surface area contributed by atoms with Gasteiger partial charge in [-0.15, -0.1) is 0 Å². The lowest BCUT2D eigenvalue weighted by molar-refractivity contribution is -0.0807. The van der Waals surface area contributed by atoms with Crippen molar-refractivity contribution in [3.63, 3.8) is 0 Å². The van der Waals surface area contributed by atoms with Crippen LogP contribution in [0.2, 0.25) is 0 Å². The molecular formula is C21H30N2O4. The highest BCUT2D eigenvalue weighted by Gasteiger charge is 2.48. The number of hydrogen-bond acceptors (Lipinski definition) is 5. The first-order chi connectivity index (χ1) is 13.1. The second-order valence-corrected chi connectivity index (χ2v) is 7.95. The van der Waals surface area contributed by atoms with Crippen LogP contribution in [0.4, 0.5) is 0 Å². The number of piperidine rings is 1. The number of likely N-dealkylation sites (tertiary alicyclic amines) is 2. The minimum atomic E-state index is 0.0359. The highest BCUT2D eigenvalue weighted by atomic mass is 16.5. The van der Waals surface area contributed by atoms with Crippen molar-refractivity contribution in [3.8, 4) is 11.5 Å². The molecule has 0 radical (unpaired) electrons. The van der Waals surface area contributed by atoms with Gasteiger partial charge in [-0.05, 0) is 50.3 Å². The van der Waals surface area contributed by atoms with E-state index in [1.54, 1.807) is 26.4 Å². The summed E-state index contributed by atoms with van der Waals surface area (Å²) in [6.07, 6.45) is 6.08. The Morgan fingerprint density at radius 2 is 2.11 bits per heavy atom. The second-order valence-electron chi connectivity index (χ2n) is 7.95. The summed E-state index contributed by atoms with van der Waals surface area (Å²) in [6, 6.07) is 5.41.